The van der Waals surface area contributed by atoms with E-state index in [1.807, 2.05) is 13.8 Å². The van der Waals surface area contributed by atoms with Crippen molar-refractivity contribution in [2.45, 2.75) is 32.3 Å². The first-order chi connectivity index (χ1) is 6.57. The number of amides is 1. The van der Waals surface area contributed by atoms with Crippen molar-refractivity contribution < 1.29 is 9.53 Å². The van der Waals surface area contributed by atoms with Crippen LogP contribution in [0.1, 0.15) is 26.7 Å². The van der Waals surface area contributed by atoms with Crippen molar-refractivity contribution in [2.75, 3.05) is 19.0 Å². The van der Waals surface area contributed by atoms with Gasteiger partial charge in [-0.3, -0.25) is 4.79 Å². The number of carbonyl (C=O) groups is 1. The van der Waals surface area contributed by atoms with Gasteiger partial charge in [0.15, 0.2) is 0 Å². The van der Waals surface area contributed by atoms with Crippen molar-refractivity contribution in [3.63, 3.8) is 0 Å². The van der Waals surface area contributed by atoms with Crippen molar-refractivity contribution in [3.8, 4) is 0 Å². The summed E-state index contributed by atoms with van der Waals surface area (Å²) in [6.45, 7) is 5.25. The Hall–Kier alpha value is -0.280. The van der Waals surface area contributed by atoms with Gasteiger partial charge >= 0.3 is 0 Å². The van der Waals surface area contributed by atoms with E-state index in [2.05, 4.69) is 5.32 Å². The number of rotatable bonds is 4. The Bertz CT molecular complexity index is 202. The van der Waals surface area contributed by atoms with Gasteiger partial charge in [-0.25, -0.2) is 0 Å². The summed E-state index contributed by atoms with van der Waals surface area (Å²) in [5, 5.41) is 2.87. The van der Waals surface area contributed by atoms with E-state index in [1.54, 1.807) is 0 Å². The van der Waals surface area contributed by atoms with E-state index in [4.69, 9.17) is 16.3 Å². The molecule has 2 atom stereocenters. The minimum Gasteiger partial charge on any atom is -0.373 e. The Labute approximate surface area is 90.1 Å². The standard InChI is InChI=1S/C10H18ClNO2/c1-8(6-11)9(13)12-7-10(2)4-3-5-14-10/h8H,3-7H2,1-2H3,(H,12,13). The van der Waals surface area contributed by atoms with Crippen molar-refractivity contribution >= 4 is 17.5 Å². The van der Waals surface area contributed by atoms with Crippen molar-refractivity contribution in [3.05, 3.63) is 0 Å². The molecule has 0 aromatic heterocycles. The topological polar surface area (TPSA) is 38.3 Å². The molecular formula is C10H18ClNO2. The highest BCUT2D eigenvalue weighted by Crippen LogP contribution is 2.23. The first-order valence-corrected chi connectivity index (χ1v) is 5.58. The lowest BCUT2D eigenvalue weighted by Crippen LogP contribution is -2.42. The summed E-state index contributed by atoms with van der Waals surface area (Å²) < 4.78 is 5.56. The smallest absolute Gasteiger partial charge is 0.224 e. The highest BCUT2D eigenvalue weighted by molar-refractivity contribution is 6.19. The van der Waals surface area contributed by atoms with E-state index in [1.165, 1.54) is 0 Å². The third kappa shape index (κ3) is 3.14. The summed E-state index contributed by atoms with van der Waals surface area (Å²) in [6.07, 6.45) is 2.10. The van der Waals surface area contributed by atoms with Crippen LogP contribution >= 0.6 is 11.6 Å². The van der Waals surface area contributed by atoms with Gasteiger partial charge < -0.3 is 10.1 Å². The third-order valence-electron chi connectivity index (χ3n) is 2.62. The Kier molecular flexibility index (Phi) is 4.20. The molecule has 0 radical (unpaired) electrons. The van der Waals surface area contributed by atoms with Crippen LogP contribution in [0.4, 0.5) is 0 Å². The summed E-state index contributed by atoms with van der Waals surface area (Å²) in [4.78, 5) is 11.4. The van der Waals surface area contributed by atoms with Gasteiger partial charge in [-0.05, 0) is 19.8 Å². The first-order valence-electron chi connectivity index (χ1n) is 5.05. The lowest BCUT2D eigenvalue weighted by Gasteiger charge is -2.24. The van der Waals surface area contributed by atoms with Crippen LogP contribution < -0.4 is 5.32 Å². The molecule has 14 heavy (non-hydrogen) atoms. The van der Waals surface area contributed by atoms with Gasteiger partial charge in [-0.2, -0.15) is 0 Å². The van der Waals surface area contributed by atoms with Crippen LogP contribution in [0.5, 0.6) is 0 Å². The third-order valence-corrected chi connectivity index (χ3v) is 3.08. The summed E-state index contributed by atoms with van der Waals surface area (Å²) in [7, 11) is 0. The van der Waals surface area contributed by atoms with Gasteiger partial charge in [0.05, 0.1) is 5.60 Å². The lowest BCUT2D eigenvalue weighted by molar-refractivity contribution is -0.125. The van der Waals surface area contributed by atoms with Gasteiger partial charge in [0, 0.05) is 24.9 Å². The monoisotopic (exact) mass is 219 g/mol. The van der Waals surface area contributed by atoms with E-state index < -0.39 is 0 Å². The van der Waals surface area contributed by atoms with Crippen molar-refractivity contribution in [1.29, 1.82) is 0 Å². The Morgan fingerprint density at radius 3 is 2.93 bits per heavy atom. The molecule has 0 aromatic rings. The van der Waals surface area contributed by atoms with Crippen LogP contribution in [-0.4, -0.2) is 30.5 Å². The minimum atomic E-state index is -0.165. The molecule has 1 amide bonds. The Morgan fingerprint density at radius 2 is 2.43 bits per heavy atom. The molecule has 0 aromatic carbocycles. The molecule has 82 valence electrons. The molecule has 1 fully saturated rings. The Balaban J connectivity index is 2.29. The molecule has 0 saturated carbocycles. The van der Waals surface area contributed by atoms with Gasteiger partial charge in [-0.1, -0.05) is 6.92 Å². The zero-order chi connectivity index (χ0) is 10.6. The molecule has 1 aliphatic rings. The van der Waals surface area contributed by atoms with E-state index in [9.17, 15) is 4.79 Å². The lowest BCUT2D eigenvalue weighted by atomic mass is 10.0. The molecule has 0 spiro atoms. The van der Waals surface area contributed by atoms with Gasteiger partial charge in [0.1, 0.15) is 0 Å². The van der Waals surface area contributed by atoms with Crippen LogP contribution in [0.15, 0.2) is 0 Å². The maximum Gasteiger partial charge on any atom is 0.224 e. The summed E-state index contributed by atoms with van der Waals surface area (Å²) >= 11 is 5.58. The summed E-state index contributed by atoms with van der Waals surface area (Å²) in [5.41, 5.74) is -0.165. The maximum atomic E-state index is 11.4. The molecule has 3 nitrogen and oxygen atoms in total. The highest BCUT2D eigenvalue weighted by atomic mass is 35.5. The SMILES string of the molecule is CC(CCl)C(=O)NCC1(C)CCCO1. The van der Waals surface area contributed by atoms with Gasteiger partial charge in [0.25, 0.3) is 0 Å². The fourth-order valence-corrected chi connectivity index (χ4v) is 1.63. The quantitative estimate of drug-likeness (QED) is 0.729. The largest absolute Gasteiger partial charge is 0.373 e. The number of ether oxygens (including phenoxy) is 1. The summed E-state index contributed by atoms with van der Waals surface area (Å²) in [5.74, 6) is 0.252. The number of nitrogens with one attached hydrogen (secondary N) is 1. The van der Waals surface area contributed by atoms with Crippen LogP contribution in [0, 0.1) is 5.92 Å². The second-order valence-corrected chi connectivity index (χ2v) is 4.48. The van der Waals surface area contributed by atoms with Crippen LogP contribution in [0.25, 0.3) is 0 Å². The molecule has 1 saturated heterocycles. The van der Waals surface area contributed by atoms with E-state index >= 15 is 0 Å². The van der Waals surface area contributed by atoms with Crippen LogP contribution in [-0.2, 0) is 9.53 Å². The zero-order valence-electron chi connectivity index (χ0n) is 8.81. The van der Waals surface area contributed by atoms with Gasteiger partial charge in [0.2, 0.25) is 5.91 Å². The van der Waals surface area contributed by atoms with Gasteiger partial charge in [-0.15, -0.1) is 11.6 Å². The number of hydrogen-bond acceptors (Lipinski definition) is 2. The molecule has 4 heteroatoms. The molecule has 1 N–H and O–H groups in total. The summed E-state index contributed by atoms with van der Waals surface area (Å²) in [6, 6.07) is 0. The van der Waals surface area contributed by atoms with E-state index in [-0.39, 0.29) is 17.4 Å². The average Bonchev–Trinajstić information content (AvgIpc) is 2.61. The zero-order valence-corrected chi connectivity index (χ0v) is 9.56. The fraction of sp³-hybridized carbons (Fsp3) is 0.900. The fourth-order valence-electron chi connectivity index (χ4n) is 1.49. The Morgan fingerprint density at radius 1 is 1.71 bits per heavy atom. The van der Waals surface area contributed by atoms with Crippen molar-refractivity contribution in [1.82, 2.24) is 5.32 Å². The van der Waals surface area contributed by atoms with Crippen LogP contribution in [0.3, 0.4) is 0 Å². The normalized spacial score (nSPS) is 28.8. The second kappa shape index (κ2) is 4.99. The number of carbonyl (C=O) groups excluding carboxylic acids is 1. The predicted octanol–water partition coefficient (Wildman–Crippen LogP) is 1.55. The van der Waals surface area contributed by atoms with E-state index in [0.29, 0.717) is 12.4 Å². The highest BCUT2D eigenvalue weighted by Gasteiger charge is 2.30. The molecule has 1 rings (SSSR count). The molecule has 2 unspecified atom stereocenters. The van der Waals surface area contributed by atoms with Crippen LogP contribution in [0.2, 0.25) is 0 Å². The average molecular weight is 220 g/mol. The van der Waals surface area contributed by atoms with E-state index in [0.717, 1.165) is 19.4 Å². The molecule has 0 bridgehead atoms. The maximum absolute atomic E-state index is 11.4. The minimum absolute atomic E-state index is 0.0109. The van der Waals surface area contributed by atoms with Crippen molar-refractivity contribution in [2.24, 2.45) is 5.92 Å². The molecule has 0 aliphatic carbocycles. The predicted molar refractivity (Wildman–Crippen MR) is 56.5 cm³/mol. The number of alkyl halides is 1. The first kappa shape index (κ1) is 11.8. The number of hydrogen-bond donors (Lipinski definition) is 1. The molecule has 1 aliphatic heterocycles. The second-order valence-electron chi connectivity index (χ2n) is 4.18. The molecular weight excluding hydrogens is 202 g/mol. The number of halogens is 1. The molecule has 1 heterocycles.